The van der Waals surface area contributed by atoms with E-state index in [1.807, 2.05) is 30.5 Å². The van der Waals surface area contributed by atoms with E-state index in [2.05, 4.69) is 30.6 Å². The number of nitrogens with two attached hydrogens (primary N) is 3. The first kappa shape index (κ1) is 31.0. The molecule has 0 aliphatic carbocycles. The maximum absolute atomic E-state index is 13.8. The molecular formula is C28H38N10O5. The number of amides is 3. The number of fused-ring (bicyclic) bond motifs is 1. The summed E-state index contributed by atoms with van der Waals surface area (Å²) in [6.07, 6.45) is 6.49. The molecule has 43 heavy (non-hydrogen) atoms. The molecule has 3 amide bonds. The third kappa shape index (κ3) is 8.09. The Labute approximate surface area is 247 Å². The maximum Gasteiger partial charge on any atom is 0.326 e. The molecule has 3 aromatic rings. The van der Waals surface area contributed by atoms with Crippen LogP contribution in [0.3, 0.4) is 0 Å². The van der Waals surface area contributed by atoms with Gasteiger partial charge in [-0.15, -0.1) is 0 Å². The highest BCUT2D eigenvalue weighted by Gasteiger charge is 2.39. The number of hydrogen-bond acceptors (Lipinski definition) is 7. The highest BCUT2D eigenvalue weighted by molar-refractivity contribution is 5.95. The van der Waals surface area contributed by atoms with Gasteiger partial charge in [-0.25, -0.2) is 9.78 Å². The van der Waals surface area contributed by atoms with Crippen LogP contribution >= 0.6 is 0 Å². The average Bonchev–Trinajstić information content (AvgIpc) is 3.75. The van der Waals surface area contributed by atoms with Crippen molar-refractivity contribution >= 4 is 40.6 Å². The van der Waals surface area contributed by atoms with Gasteiger partial charge in [-0.3, -0.25) is 19.4 Å². The minimum atomic E-state index is -1.21. The molecule has 1 saturated heterocycles. The monoisotopic (exact) mass is 594 g/mol. The molecule has 0 saturated carbocycles. The lowest BCUT2D eigenvalue weighted by molar-refractivity contribution is -0.145. The summed E-state index contributed by atoms with van der Waals surface area (Å²) in [5.41, 5.74) is 19.3. The Kier molecular flexibility index (Phi) is 10.3. The number of aromatic amines is 2. The molecule has 11 N–H and O–H groups in total. The Balaban J connectivity index is 1.44. The van der Waals surface area contributed by atoms with E-state index in [0.29, 0.717) is 25.0 Å². The Morgan fingerprint density at radius 1 is 1.12 bits per heavy atom. The molecule has 1 aliphatic rings. The molecule has 15 nitrogen and oxygen atoms in total. The second-order valence-electron chi connectivity index (χ2n) is 10.6. The molecule has 2 aromatic heterocycles. The lowest BCUT2D eigenvalue weighted by Crippen LogP contribution is -2.57. The lowest BCUT2D eigenvalue weighted by Gasteiger charge is -2.30. The van der Waals surface area contributed by atoms with Gasteiger partial charge in [0.1, 0.15) is 18.1 Å². The highest BCUT2D eigenvalue weighted by atomic mass is 16.4. The van der Waals surface area contributed by atoms with Crippen LogP contribution in [0.5, 0.6) is 0 Å². The molecule has 4 rings (SSSR count). The Morgan fingerprint density at radius 2 is 1.91 bits per heavy atom. The Hall–Kier alpha value is -4.92. The van der Waals surface area contributed by atoms with Crippen molar-refractivity contribution in [3.05, 3.63) is 54.2 Å². The number of carbonyl (C=O) groups is 4. The van der Waals surface area contributed by atoms with Crippen molar-refractivity contribution in [2.75, 3.05) is 13.1 Å². The van der Waals surface area contributed by atoms with Gasteiger partial charge in [0.05, 0.1) is 12.4 Å². The lowest BCUT2D eigenvalue weighted by atomic mass is 10.0. The SMILES string of the molecule is NC(N)=NCCCC(NC(=O)C1CCCN1C(=O)C(Cc1cnc[nH]1)NC(=O)C(N)Cc1c[nH]c2ccccc12)C(=O)O. The second-order valence-corrected chi connectivity index (χ2v) is 10.6. The zero-order valence-electron chi connectivity index (χ0n) is 23.7. The number of aliphatic imine (C=N–C) groups is 1. The van der Waals surface area contributed by atoms with Crippen LogP contribution in [0.1, 0.15) is 36.9 Å². The van der Waals surface area contributed by atoms with Crippen LogP contribution in [0.4, 0.5) is 0 Å². The molecule has 0 radical (unpaired) electrons. The standard InChI is InChI=1S/C28H38N10O5/c29-19(11-16-13-34-20-6-2-1-5-18(16)20)24(39)37-22(12-17-14-32-15-35-17)26(41)38-10-4-8-23(38)25(40)36-21(27(42)43)7-3-9-33-28(30)31/h1-2,5-6,13-15,19,21-23,34H,3-4,7-12,29H2,(H,32,35)(H,36,40)(H,37,39)(H,42,43)(H4,30,31,33). The zero-order chi connectivity index (χ0) is 30.9. The molecule has 0 spiro atoms. The molecule has 1 aromatic carbocycles. The molecule has 3 heterocycles. The summed E-state index contributed by atoms with van der Waals surface area (Å²) in [4.78, 5) is 67.4. The summed E-state index contributed by atoms with van der Waals surface area (Å²) in [6.45, 7) is 0.489. The van der Waals surface area contributed by atoms with Gasteiger partial charge in [-0.1, -0.05) is 18.2 Å². The van der Waals surface area contributed by atoms with Crippen molar-refractivity contribution in [1.82, 2.24) is 30.5 Å². The topological polar surface area (TPSA) is 251 Å². The number of nitrogens with one attached hydrogen (secondary N) is 4. The van der Waals surface area contributed by atoms with Crippen LogP contribution in [0.15, 0.2) is 48.0 Å². The largest absolute Gasteiger partial charge is 0.480 e. The number of carboxylic acid groups (broad SMARTS) is 1. The summed E-state index contributed by atoms with van der Waals surface area (Å²) >= 11 is 0. The van der Waals surface area contributed by atoms with E-state index in [0.717, 1.165) is 16.5 Å². The van der Waals surface area contributed by atoms with Crippen molar-refractivity contribution in [3.63, 3.8) is 0 Å². The highest BCUT2D eigenvalue weighted by Crippen LogP contribution is 2.21. The maximum atomic E-state index is 13.8. The van der Waals surface area contributed by atoms with Crippen LogP contribution in [0.2, 0.25) is 0 Å². The van der Waals surface area contributed by atoms with Gasteiger partial charge < -0.3 is 47.8 Å². The molecule has 15 heteroatoms. The number of likely N-dealkylation sites (tertiary alicyclic amines) is 1. The third-order valence-electron chi connectivity index (χ3n) is 7.44. The smallest absolute Gasteiger partial charge is 0.326 e. The first-order valence-electron chi connectivity index (χ1n) is 14.1. The third-order valence-corrected chi connectivity index (χ3v) is 7.44. The van der Waals surface area contributed by atoms with E-state index in [4.69, 9.17) is 17.2 Å². The number of rotatable bonds is 14. The van der Waals surface area contributed by atoms with Gasteiger partial charge in [0, 0.05) is 48.5 Å². The normalized spacial score (nSPS) is 16.8. The number of imidazole rings is 1. The predicted octanol–water partition coefficient (Wildman–Crippen LogP) is -0.898. The van der Waals surface area contributed by atoms with Gasteiger partial charge in [0.15, 0.2) is 5.96 Å². The van der Waals surface area contributed by atoms with Crippen molar-refractivity contribution in [2.45, 2.75) is 62.7 Å². The number of guanidine groups is 1. The number of carboxylic acids is 1. The van der Waals surface area contributed by atoms with Crippen molar-refractivity contribution in [1.29, 1.82) is 0 Å². The first-order valence-corrected chi connectivity index (χ1v) is 14.1. The van der Waals surface area contributed by atoms with Crippen LogP contribution in [0.25, 0.3) is 10.9 Å². The fourth-order valence-electron chi connectivity index (χ4n) is 5.26. The quantitative estimate of drug-likeness (QED) is 0.0653. The zero-order valence-corrected chi connectivity index (χ0v) is 23.7. The van der Waals surface area contributed by atoms with Gasteiger partial charge >= 0.3 is 5.97 Å². The number of aliphatic carboxylic acids is 1. The number of nitrogens with zero attached hydrogens (tertiary/aromatic N) is 3. The molecule has 1 aliphatic heterocycles. The van der Waals surface area contributed by atoms with Gasteiger partial charge in [0.2, 0.25) is 17.7 Å². The number of H-pyrrole nitrogens is 2. The van der Waals surface area contributed by atoms with Gasteiger partial charge in [-0.05, 0) is 43.7 Å². The molecular weight excluding hydrogens is 556 g/mol. The van der Waals surface area contributed by atoms with E-state index >= 15 is 0 Å². The molecule has 4 atom stereocenters. The van der Waals surface area contributed by atoms with E-state index in [1.165, 1.54) is 11.2 Å². The fraction of sp³-hybridized carbons (Fsp3) is 0.429. The number of para-hydroxylation sites is 1. The molecule has 230 valence electrons. The fourth-order valence-corrected chi connectivity index (χ4v) is 5.26. The van der Waals surface area contributed by atoms with Gasteiger partial charge in [-0.2, -0.15) is 0 Å². The van der Waals surface area contributed by atoms with Crippen LogP contribution in [-0.2, 0) is 32.0 Å². The minimum absolute atomic E-state index is 0.0950. The molecule has 0 bridgehead atoms. The number of hydrogen-bond donors (Lipinski definition) is 8. The van der Waals surface area contributed by atoms with Crippen molar-refractivity contribution in [3.8, 4) is 0 Å². The summed E-state index contributed by atoms with van der Waals surface area (Å²) in [5.74, 6) is -2.88. The second kappa shape index (κ2) is 14.3. The Bertz CT molecular complexity index is 1450. The summed E-state index contributed by atoms with van der Waals surface area (Å²) < 4.78 is 0. The summed E-state index contributed by atoms with van der Waals surface area (Å²) in [5, 5.41) is 15.9. The Morgan fingerprint density at radius 3 is 2.63 bits per heavy atom. The summed E-state index contributed by atoms with van der Waals surface area (Å²) in [6, 6.07) is 3.62. The predicted molar refractivity (Wildman–Crippen MR) is 158 cm³/mol. The van der Waals surface area contributed by atoms with E-state index in [-0.39, 0.29) is 38.3 Å². The molecule has 4 unspecified atom stereocenters. The van der Waals surface area contributed by atoms with Crippen molar-refractivity contribution < 1.29 is 24.3 Å². The van der Waals surface area contributed by atoms with Crippen LogP contribution < -0.4 is 27.8 Å². The van der Waals surface area contributed by atoms with E-state index < -0.39 is 47.9 Å². The number of benzene rings is 1. The first-order chi connectivity index (χ1) is 20.6. The number of carbonyl (C=O) groups excluding carboxylic acids is 3. The number of aromatic nitrogens is 3. The average molecular weight is 595 g/mol. The summed E-state index contributed by atoms with van der Waals surface area (Å²) in [7, 11) is 0. The van der Waals surface area contributed by atoms with E-state index in [1.54, 1.807) is 6.20 Å². The van der Waals surface area contributed by atoms with E-state index in [9.17, 15) is 24.3 Å². The van der Waals surface area contributed by atoms with Crippen LogP contribution in [0, 0.1) is 0 Å². The minimum Gasteiger partial charge on any atom is -0.480 e. The van der Waals surface area contributed by atoms with Crippen LogP contribution in [-0.4, -0.2) is 91.9 Å². The van der Waals surface area contributed by atoms with Gasteiger partial charge in [0.25, 0.3) is 0 Å². The molecule has 1 fully saturated rings. The van der Waals surface area contributed by atoms with Crippen molar-refractivity contribution in [2.24, 2.45) is 22.2 Å².